The Bertz CT molecular complexity index is 744. The van der Waals surface area contributed by atoms with E-state index in [0.29, 0.717) is 29.9 Å². The van der Waals surface area contributed by atoms with E-state index in [1.54, 1.807) is 0 Å². The molecule has 2 heterocycles. The maximum absolute atomic E-state index is 12.8. The molecular weight excluding hydrogens is 352 g/mol. The molecule has 3 aliphatic rings. The van der Waals surface area contributed by atoms with Crippen molar-refractivity contribution in [3.63, 3.8) is 0 Å². The van der Waals surface area contributed by atoms with E-state index in [2.05, 4.69) is 26.0 Å². The summed E-state index contributed by atoms with van der Waals surface area (Å²) in [6.45, 7) is 6.53. The smallest absolute Gasteiger partial charge is 0.254 e. The standard InChI is InChI=1S/C23H30N2O3/c1-16(2)21-4-3-13-25(21)23(27)18-7-9-19(10-8-18)28-20-11-14-24(15-12-20)22(26)17-5-6-17/h3-4,7-10,16-17,20-21H,5-6,11-15H2,1-2H3/t21-/m0/s1. The largest absolute Gasteiger partial charge is 0.490 e. The van der Waals surface area contributed by atoms with Crippen molar-refractivity contribution in [2.24, 2.45) is 11.8 Å². The SMILES string of the molecule is CC(C)[C@@H]1C=CCN1C(=O)c1ccc(OC2CCN(C(=O)C3CC3)CC2)cc1. The number of nitrogens with zero attached hydrogens (tertiary/aromatic N) is 2. The monoisotopic (exact) mass is 382 g/mol. The second kappa shape index (κ2) is 7.98. The minimum Gasteiger partial charge on any atom is -0.490 e. The Hall–Kier alpha value is -2.30. The van der Waals surface area contributed by atoms with Gasteiger partial charge in [-0.25, -0.2) is 0 Å². The van der Waals surface area contributed by atoms with Crippen LogP contribution in [0.1, 0.15) is 49.9 Å². The van der Waals surface area contributed by atoms with Crippen LogP contribution in [0.15, 0.2) is 36.4 Å². The zero-order valence-corrected chi connectivity index (χ0v) is 16.8. The fourth-order valence-corrected chi connectivity index (χ4v) is 4.16. The highest BCUT2D eigenvalue weighted by atomic mass is 16.5. The van der Waals surface area contributed by atoms with E-state index in [4.69, 9.17) is 4.74 Å². The highest BCUT2D eigenvalue weighted by molar-refractivity contribution is 5.95. The number of hydrogen-bond acceptors (Lipinski definition) is 3. The summed E-state index contributed by atoms with van der Waals surface area (Å²) in [6, 6.07) is 7.68. The van der Waals surface area contributed by atoms with E-state index in [0.717, 1.165) is 44.5 Å². The van der Waals surface area contributed by atoms with E-state index in [1.165, 1.54) is 0 Å². The predicted octanol–water partition coefficient (Wildman–Crippen LogP) is 3.50. The summed E-state index contributed by atoms with van der Waals surface area (Å²) in [5, 5.41) is 0. The lowest BCUT2D eigenvalue weighted by Gasteiger charge is -2.32. The average molecular weight is 383 g/mol. The summed E-state index contributed by atoms with van der Waals surface area (Å²) in [5.41, 5.74) is 0.701. The fourth-order valence-electron chi connectivity index (χ4n) is 4.16. The lowest BCUT2D eigenvalue weighted by atomic mass is 10.0. The Morgan fingerprint density at radius 1 is 1.04 bits per heavy atom. The molecule has 0 aromatic heterocycles. The molecule has 1 atom stereocenters. The number of hydrogen-bond donors (Lipinski definition) is 0. The van der Waals surface area contributed by atoms with Gasteiger partial charge in [0.05, 0.1) is 6.04 Å². The van der Waals surface area contributed by atoms with Crippen molar-refractivity contribution in [1.29, 1.82) is 0 Å². The molecule has 1 aromatic rings. The second-order valence-electron chi connectivity index (χ2n) is 8.56. The molecule has 0 spiro atoms. The number of rotatable bonds is 5. The first-order valence-corrected chi connectivity index (χ1v) is 10.6. The molecule has 1 saturated heterocycles. The Kier molecular flexibility index (Phi) is 5.42. The van der Waals surface area contributed by atoms with Crippen molar-refractivity contribution in [1.82, 2.24) is 9.80 Å². The normalized spacial score (nSPS) is 22.8. The van der Waals surface area contributed by atoms with E-state index in [9.17, 15) is 9.59 Å². The van der Waals surface area contributed by atoms with Crippen molar-refractivity contribution in [3.05, 3.63) is 42.0 Å². The average Bonchev–Trinajstić information content (AvgIpc) is 3.44. The summed E-state index contributed by atoms with van der Waals surface area (Å²) in [5.74, 6) is 1.90. The van der Waals surface area contributed by atoms with Gasteiger partial charge in [-0.1, -0.05) is 26.0 Å². The number of amides is 2. The first-order chi connectivity index (χ1) is 13.5. The third-order valence-electron chi connectivity index (χ3n) is 6.02. The van der Waals surface area contributed by atoms with Gasteiger partial charge in [0.25, 0.3) is 5.91 Å². The Labute approximate surface area is 167 Å². The van der Waals surface area contributed by atoms with Crippen molar-refractivity contribution in [3.8, 4) is 5.75 Å². The molecule has 0 radical (unpaired) electrons. The van der Waals surface area contributed by atoms with Gasteiger partial charge in [0, 0.05) is 44.0 Å². The first kappa shape index (κ1) is 19.0. The molecule has 0 N–H and O–H groups in total. The summed E-state index contributed by atoms with van der Waals surface area (Å²) < 4.78 is 6.10. The van der Waals surface area contributed by atoms with Crippen LogP contribution in [-0.4, -0.2) is 53.4 Å². The zero-order valence-electron chi connectivity index (χ0n) is 16.8. The molecule has 2 amide bonds. The molecule has 28 heavy (non-hydrogen) atoms. The van der Waals surface area contributed by atoms with Crippen LogP contribution < -0.4 is 4.74 Å². The third-order valence-corrected chi connectivity index (χ3v) is 6.02. The molecule has 0 bridgehead atoms. The molecule has 0 unspecified atom stereocenters. The zero-order chi connectivity index (χ0) is 19.7. The third kappa shape index (κ3) is 4.08. The number of carbonyl (C=O) groups excluding carboxylic acids is 2. The quantitative estimate of drug-likeness (QED) is 0.733. The summed E-state index contributed by atoms with van der Waals surface area (Å²) >= 11 is 0. The van der Waals surface area contributed by atoms with Gasteiger partial charge >= 0.3 is 0 Å². The van der Waals surface area contributed by atoms with Crippen LogP contribution in [0.5, 0.6) is 5.75 Å². The molecular formula is C23H30N2O3. The van der Waals surface area contributed by atoms with E-state index in [-0.39, 0.29) is 18.1 Å². The van der Waals surface area contributed by atoms with Crippen molar-refractivity contribution in [2.45, 2.75) is 51.7 Å². The first-order valence-electron chi connectivity index (χ1n) is 10.6. The molecule has 2 aliphatic heterocycles. The van der Waals surface area contributed by atoms with Gasteiger partial charge in [0.2, 0.25) is 5.91 Å². The van der Waals surface area contributed by atoms with Gasteiger partial charge in [0.1, 0.15) is 11.9 Å². The predicted molar refractivity (Wildman–Crippen MR) is 108 cm³/mol. The summed E-state index contributed by atoms with van der Waals surface area (Å²) in [4.78, 5) is 28.9. The number of ether oxygens (including phenoxy) is 1. The van der Waals surface area contributed by atoms with Gasteiger partial charge < -0.3 is 14.5 Å². The van der Waals surface area contributed by atoms with Crippen LogP contribution >= 0.6 is 0 Å². The van der Waals surface area contributed by atoms with Crippen molar-refractivity contribution in [2.75, 3.05) is 19.6 Å². The van der Waals surface area contributed by atoms with Gasteiger partial charge in [-0.05, 0) is 43.0 Å². The van der Waals surface area contributed by atoms with Crippen molar-refractivity contribution >= 4 is 11.8 Å². The molecule has 5 heteroatoms. The van der Waals surface area contributed by atoms with E-state index in [1.807, 2.05) is 34.1 Å². The maximum Gasteiger partial charge on any atom is 0.254 e. The fraction of sp³-hybridized carbons (Fsp3) is 0.565. The molecule has 1 aromatic carbocycles. The molecule has 150 valence electrons. The Morgan fingerprint density at radius 2 is 1.71 bits per heavy atom. The number of benzene rings is 1. The molecule has 1 saturated carbocycles. The molecule has 2 fully saturated rings. The molecule has 1 aliphatic carbocycles. The maximum atomic E-state index is 12.8. The highest BCUT2D eigenvalue weighted by Gasteiger charge is 2.35. The van der Waals surface area contributed by atoms with Crippen LogP contribution in [0.3, 0.4) is 0 Å². The Morgan fingerprint density at radius 3 is 2.32 bits per heavy atom. The lowest BCUT2D eigenvalue weighted by Crippen LogP contribution is -2.42. The molecule has 5 nitrogen and oxygen atoms in total. The van der Waals surface area contributed by atoms with Crippen LogP contribution in [0.2, 0.25) is 0 Å². The number of carbonyl (C=O) groups is 2. The second-order valence-corrected chi connectivity index (χ2v) is 8.56. The summed E-state index contributed by atoms with van der Waals surface area (Å²) in [7, 11) is 0. The minimum absolute atomic E-state index is 0.0714. The van der Waals surface area contributed by atoms with Gasteiger partial charge in [-0.15, -0.1) is 0 Å². The van der Waals surface area contributed by atoms with Gasteiger partial charge in [0.15, 0.2) is 0 Å². The number of likely N-dealkylation sites (tertiary alicyclic amines) is 1. The van der Waals surface area contributed by atoms with Crippen LogP contribution in [0, 0.1) is 11.8 Å². The van der Waals surface area contributed by atoms with E-state index >= 15 is 0 Å². The highest BCUT2D eigenvalue weighted by Crippen LogP contribution is 2.32. The van der Waals surface area contributed by atoms with Crippen LogP contribution in [0.25, 0.3) is 0 Å². The topological polar surface area (TPSA) is 49.9 Å². The summed E-state index contributed by atoms with van der Waals surface area (Å²) in [6.07, 6.45) is 8.19. The van der Waals surface area contributed by atoms with Gasteiger partial charge in [-0.3, -0.25) is 9.59 Å². The minimum atomic E-state index is 0.0714. The van der Waals surface area contributed by atoms with Gasteiger partial charge in [-0.2, -0.15) is 0 Å². The van der Waals surface area contributed by atoms with Crippen molar-refractivity contribution < 1.29 is 14.3 Å². The van der Waals surface area contributed by atoms with Crippen LogP contribution in [-0.2, 0) is 4.79 Å². The number of piperidine rings is 1. The van der Waals surface area contributed by atoms with E-state index < -0.39 is 0 Å². The molecule has 4 rings (SSSR count). The lowest BCUT2D eigenvalue weighted by molar-refractivity contribution is -0.134. The van der Waals surface area contributed by atoms with Crippen LogP contribution in [0.4, 0.5) is 0 Å². The Balaban J connectivity index is 1.30.